The van der Waals surface area contributed by atoms with Crippen molar-refractivity contribution in [3.63, 3.8) is 0 Å². The zero-order valence-electron chi connectivity index (χ0n) is 11.3. The van der Waals surface area contributed by atoms with E-state index in [0.29, 0.717) is 11.6 Å². The molecule has 0 amide bonds. The second-order valence-corrected chi connectivity index (χ2v) is 7.07. The van der Waals surface area contributed by atoms with Crippen LogP contribution in [0.3, 0.4) is 0 Å². The van der Waals surface area contributed by atoms with E-state index in [1.807, 2.05) is 11.3 Å². The van der Waals surface area contributed by atoms with Crippen LogP contribution in [0.2, 0.25) is 0 Å². The SMILES string of the molecule is CC1CCNC2(CCCC2)CN1Cc1cccs1. The van der Waals surface area contributed by atoms with Crippen molar-refractivity contribution in [1.29, 1.82) is 0 Å². The van der Waals surface area contributed by atoms with Crippen LogP contribution in [-0.4, -0.2) is 29.6 Å². The molecule has 0 aromatic carbocycles. The Bertz CT molecular complexity index is 368. The number of nitrogens with one attached hydrogen (secondary N) is 1. The lowest BCUT2D eigenvalue weighted by atomic mass is 9.97. The van der Waals surface area contributed by atoms with E-state index in [9.17, 15) is 0 Å². The van der Waals surface area contributed by atoms with Gasteiger partial charge < -0.3 is 5.32 Å². The van der Waals surface area contributed by atoms with Crippen molar-refractivity contribution in [2.24, 2.45) is 0 Å². The largest absolute Gasteiger partial charge is 0.310 e. The molecule has 2 fully saturated rings. The lowest BCUT2D eigenvalue weighted by Gasteiger charge is -2.35. The molecule has 1 saturated carbocycles. The highest BCUT2D eigenvalue weighted by Gasteiger charge is 2.37. The summed E-state index contributed by atoms with van der Waals surface area (Å²) in [5, 5.41) is 6.05. The number of thiophene rings is 1. The Hall–Kier alpha value is -0.380. The molecule has 2 nitrogen and oxygen atoms in total. The molecule has 1 atom stereocenters. The molecule has 1 aliphatic carbocycles. The van der Waals surface area contributed by atoms with Gasteiger partial charge in [-0.15, -0.1) is 11.3 Å². The first-order valence-electron chi connectivity index (χ1n) is 7.29. The normalized spacial score (nSPS) is 28.6. The fraction of sp³-hybridized carbons (Fsp3) is 0.733. The fourth-order valence-corrected chi connectivity index (χ4v) is 4.26. The fourth-order valence-electron chi connectivity index (χ4n) is 3.53. The zero-order chi connectivity index (χ0) is 12.4. The summed E-state index contributed by atoms with van der Waals surface area (Å²) in [7, 11) is 0. The first kappa shape index (κ1) is 12.6. The van der Waals surface area contributed by atoms with Gasteiger partial charge >= 0.3 is 0 Å². The van der Waals surface area contributed by atoms with Gasteiger partial charge in [-0.25, -0.2) is 0 Å². The van der Waals surface area contributed by atoms with Gasteiger partial charge in [0.15, 0.2) is 0 Å². The molecule has 1 unspecified atom stereocenters. The molecule has 2 aliphatic rings. The van der Waals surface area contributed by atoms with Crippen molar-refractivity contribution in [3.05, 3.63) is 22.4 Å². The summed E-state index contributed by atoms with van der Waals surface area (Å²) in [6.07, 6.45) is 6.86. The van der Waals surface area contributed by atoms with Gasteiger partial charge in [-0.2, -0.15) is 0 Å². The highest BCUT2D eigenvalue weighted by molar-refractivity contribution is 7.09. The van der Waals surface area contributed by atoms with Gasteiger partial charge in [-0.3, -0.25) is 4.90 Å². The van der Waals surface area contributed by atoms with Crippen LogP contribution in [0, 0.1) is 0 Å². The molecule has 1 aromatic rings. The first-order chi connectivity index (χ1) is 8.77. The van der Waals surface area contributed by atoms with Crippen molar-refractivity contribution in [2.45, 2.75) is 57.2 Å². The minimum absolute atomic E-state index is 0.433. The Morgan fingerprint density at radius 1 is 1.44 bits per heavy atom. The maximum atomic E-state index is 3.86. The Labute approximate surface area is 114 Å². The van der Waals surface area contributed by atoms with Crippen LogP contribution in [0.1, 0.15) is 43.9 Å². The van der Waals surface area contributed by atoms with E-state index < -0.39 is 0 Å². The van der Waals surface area contributed by atoms with Crippen LogP contribution >= 0.6 is 11.3 Å². The van der Waals surface area contributed by atoms with Gasteiger partial charge in [0.2, 0.25) is 0 Å². The average molecular weight is 264 g/mol. The van der Waals surface area contributed by atoms with E-state index in [1.54, 1.807) is 0 Å². The van der Waals surface area contributed by atoms with Gasteiger partial charge in [0.25, 0.3) is 0 Å². The number of hydrogen-bond acceptors (Lipinski definition) is 3. The van der Waals surface area contributed by atoms with E-state index >= 15 is 0 Å². The minimum atomic E-state index is 0.433. The quantitative estimate of drug-likeness (QED) is 0.882. The van der Waals surface area contributed by atoms with Crippen LogP contribution in [0.5, 0.6) is 0 Å². The summed E-state index contributed by atoms with van der Waals surface area (Å²) in [6.45, 7) is 5.97. The van der Waals surface area contributed by atoms with Crippen LogP contribution in [-0.2, 0) is 6.54 Å². The maximum absolute atomic E-state index is 3.86. The van der Waals surface area contributed by atoms with E-state index in [-0.39, 0.29) is 0 Å². The molecule has 1 saturated heterocycles. The molecule has 3 rings (SSSR count). The Morgan fingerprint density at radius 3 is 3.00 bits per heavy atom. The molecule has 18 heavy (non-hydrogen) atoms. The van der Waals surface area contributed by atoms with E-state index in [2.05, 4.69) is 34.7 Å². The topological polar surface area (TPSA) is 15.3 Å². The van der Waals surface area contributed by atoms with Crippen molar-refractivity contribution in [2.75, 3.05) is 13.1 Å². The van der Waals surface area contributed by atoms with Gasteiger partial charge in [0.05, 0.1) is 0 Å². The van der Waals surface area contributed by atoms with Gasteiger partial charge in [0, 0.05) is 29.5 Å². The predicted molar refractivity (Wildman–Crippen MR) is 78.0 cm³/mol. The lowest BCUT2D eigenvalue weighted by molar-refractivity contribution is 0.161. The van der Waals surface area contributed by atoms with Crippen LogP contribution in [0.4, 0.5) is 0 Å². The van der Waals surface area contributed by atoms with Crippen molar-refractivity contribution < 1.29 is 0 Å². The van der Waals surface area contributed by atoms with Crippen LogP contribution < -0.4 is 5.32 Å². The molecule has 2 heterocycles. The van der Waals surface area contributed by atoms with Crippen molar-refractivity contribution in [3.8, 4) is 0 Å². The van der Waals surface area contributed by atoms with Gasteiger partial charge in [-0.05, 0) is 44.2 Å². The third-order valence-electron chi connectivity index (χ3n) is 4.69. The molecule has 0 radical (unpaired) electrons. The third-order valence-corrected chi connectivity index (χ3v) is 5.55. The van der Waals surface area contributed by atoms with Crippen LogP contribution in [0.25, 0.3) is 0 Å². The van der Waals surface area contributed by atoms with E-state index in [1.165, 1.54) is 50.1 Å². The standard InChI is InChI=1S/C15H24N2S/c1-13-6-9-16-15(7-2-3-8-15)12-17(13)11-14-5-4-10-18-14/h4-5,10,13,16H,2-3,6-9,11-12H2,1H3. The van der Waals surface area contributed by atoms with Gasteiger partial charge in [0.1, 0.15) is 0 Å². The molecule has 100 valence electrons. The lowest BCUT2D eigenvalue weighted by Crippen LogP contribution is -2.49. The van der Waals surface area contributed by atoms with E-state index in [4.69, 9.17) is 0 Å². The highest BCUT2D eigenvalue weighted by atomic mass is 32.1. The zero-order valence-corrected chi connectivity index (χ0v) is 12.1. The Balaban J connectivity index is 1.73. The molecular weight excluding hydrogens is 240 g/mol. The summed E-state index contributed by atoms with van der Waals surface area (Å²) in [5.74, 6) is 0. The summed E-state index contributed by atoms with van der Waals surface area (Å²) in [5.41, 5.74) is 0.433. The third kappa shape index (κ3) is 2.63. The number of hydrogen-bond donors (Lipinski definition) is 1. The first-order valence-corrected chi connectivity index (χ1v) is 8.17. The van der Waals surface area contributed by atoms with E-state index in [0.717, 1.165) is 6.54 Å². The molecule has 1 aromatic heterocycles. The Kier molecular flexibility index (Phi) is 3.73. The van der Waals surface area contributed by atoms with Crippen molar-refractivity contribution >= 4 is 11.3 Å². The average Bonchev–Trinajstić information content (AvgIpc) is 2.97. The second kappa shape index (κ2) is 5.32. The molecule has 3 heteroatoms. The predicted octanol–water partition coefficient (Wildman–Crippen LogP) is 3.24. The molecular formula is C15H24N2S. The summed E-state index contributed by atoms with van der Waals surface area (Å²) in [4.78, 5) is 4.22. The van der Waals surface area contributed by atoms with Crippen LogP contribution in [0.15, 0.2) is 17.5 Å². The molecule has 1 aliphatic heterocycles. The smallest absolute Gasteiger partial charge is 0.0331 e. The highest BCUT2D eigenvalue weighted by Crippen LogP contribution is 2.33. The molecule has 1 spiro atoms. The summed E-state index contributed by atoms with van der Waals surface area (Å²) < 4.78 is 0. The maximum Gasteiger partial charge on any atom is 0.0331 e. The Morgan fingerprint density at radius 2 is 2.28 bits per heavy atom. The molecule has 1 N–H and O–H groups in total. The minimum Gasteiger partial charge on any atom is -0.310 e. The second-order valence-electron chi connectivity index (χ2n) is 6.04. The number of nitrogens with zero attached hydrogens (tertiary/aromatic N) is 1. The monoisotopic (exact) mass is 264 g/mol. The van der Waals surface area contributed by atoms with Crippen molar-refractivity contribution in [1.82, 2.24) is 10.2 Å². The molecule has 0 bridgehead atoms. The summed E-state index contributed by atoms with van der Waals surface area (Å²) in [6, 6.07) is 5.16. The van der Waals surface area contributed by atoms with Gasteiger partial charge in [-0.1, -0.05) is 18.9 Å². The number of rotatable bonds is 2. The summed E-state index contributed by atoms with van der Waals surface area (Å²) >= 11 is 1.89.